The van der Waals surface area contributed by atoms with Gasteiger partial charge in [0.1, 0.15) is 12.1 Å². The first-order valence-electron chi connectivity index (χ1n) is 9.28. The number of hydrogen-bond donors (Lipinski definition) is 1. The lowest BCUT2D eigenvalue weighted by Gasteiger charge is -2.22. The number of ether oxygens (including phenoxy) is 1. The average Bonchev–Trinajstić information content (AvgIpc) is 3.26. The fraction of sp³-hybridized carbons (Fsp3) is 0.833. The largest absolute Gasteiger partial charge is 0.446 e. The maximum atomic E-state index is 12.3. The lowest BCUT2D eigenvalue weighted by Crippen LogP contribution is -2.43. The van der Waals surface area contributed by atoms with Crippen LogP contribution < -0.4 is 5.32 Å². The fourth-order valence-corrected chi connectivity index (χ4v) is 4.60. The Morgan fingerprint density at radius 3 is 2.52 bits per heavy atom. The number of nitrogens with one attached hydrogen (secondary N) is 1. The average molecular weight is 348 g/mol. The van der Waals surface area contributed by atoms with Gasteiger partial charge in [0.2, 0.25) is 5.91 Å². The van der Waals surface area contributed by atoms with Crippen molar-refractivity contribution in [1.29, 1.82) is 5.26 Å². The summed E-state index contributed by atoms with van der Waals surface area (Å²) >= 11 is 0. The van der Waals surface area contributed by atoms with E-state index < -0.39 is 0 Å². The summed E-state index contributed by atoms with van der Waals surface area (Å²) in [6.45, 7) is 1.02. The molecule has 25 heavy (non-hydrogen) atoms. The Kier molecular flexibility index (Phi) is 5.48. The van der Waals surface area contributed by atoms with Crippen LogP contribution in [0.1, 0.15) is 38.5 Å². The highest BCUT2D eigenvalue weighted by molar-refractivity contribution is 5.79. The molecule has 5 atom stereocenters. The molecule has 1 N–H and O–H groups in total. The van der Waals surface area contributed by atoms with Crippen molar-refractivity contribution in [3.63, 3.8) is 0 Å². The monoisotopic (exact) mass is 348 g/mol. The summed E-state index contributed by atoms with van der Waals surface area (Å²) in [4.78, 5) is 27.1. The third-order valence-corrected chi connectivity index (χ3v) is 5.87. The highest BCUT2D eigenvalue weighted by Crippen LogP contribution is 2.45. The van der Waals surface area contributed by atoms with E-state index in [0.29, 0.717) is 31.0 Å². The van der Waals surface area contributed by atoms with Crippen LogP contribution in [0.15, 0.2) is 0 Å². The second-order valence-corrected chi connectivity index (χ2v) is 7.82. The Morgan fingerprint density at radius 1 is 1.24 bits per heavy atom. The minimum atomic E-state index is -0.261. The number of likely N-dealkylation sites (tertiary alicyclic amines) is 1. The van der Waals surface area contributed by atoms with Gasteiger partial charge in [0.05, 0.1) is 12.6 Å². The number of amides is 2. The number of rotatable bonds is 4. The summed E-state index contributed by atoms with van der Waals surface area (Å²) in [5.41, 5.74) is 0. The third-order valence-electron chi connectivity index (χ3n) is 5.87. The zero-order valence-electron chi connectivity index (χ0n) is 15.1. The SMILES string of the molecule is CN(C)C(=O)O[C@H]1C[C@H]2CC(NCC(=O)N3CCC[C@H]3C#N)C[C@H]2C1. The molecule has 138 valence electrons. The first kappa shape index (κ1) is 18.0. The van der Waals surface area contributed by atoms with Gasteiger partial charge in [0, 0.05) is 26.7 Å². The zero-order chi connectivity index (χ0) is 18.0. The Hall–Kier alpha value is -1.81. The Morgan fingerprint density at radius 2 is 1.92 bits per heavy atom. The molecule has 2 saturated carbocycles. The van der Waals surface area contributed by atoms with Gasteiger partial charge in [-0.1, -0.05) is 0 Å². The van der Waals surface area contributed by atoms with Crippen LogP contribution in [0.4, 0.5) is 4.79 Å². The number of nitriles is 1. The predicted octanol–water partition coefficient (Wildman–Crippen LogP) is 1.35. The Bertz CT molecular complexity index is 545. The normalized spacial score (nSPS) is 33.8. The van der Waals surface area contributed by atoms with Gasteiger partial charge >= 0.3 is 6.09 Å². The van der Waals surface area contributed by atoms with E-state index in [9.17, 15) is 9.59 Å². The van der Waals surface area contributed by atoms with Gasteiger partial charge in [-0.05, 0) is 50.4 Å². The maximum Gasteiger partial charge on any atom is 0.409 e. The standard InChI is InChI=1S/C18H28N4O3/c1-21(2)18(24)25-16-8-12-6-14(7-13(12)9-16)20-11-17(23)22-5-3-4-15(22)10-19/h12-16,20H,3-9,11H2,1-2H3/t12-,13+,14?,15-,16+/m0/s1. The van der Waals surface area contributed by atoms with Gasteiger partial charge in [-0.3, -0.25) is 4.79 Å². The Labute approximate surface area is 149 Å². The fourth-order valence-electron chi connectivity index (χ4n) is 4.60. The number of carbonyl (C=O) groups is 2. The van der Waals surface area contributed by atoms with Crippen LogP contribution in [0.25, 0.3) is 0 Å². The van der Waals surface area contributed by atoms with Crippen LogP contribution in [0.3, 0.4) is 0 Å². The molecule has 7 heteroatoms. The van der Waals surface area contributed by atoms with Crippen molar-refractivity contribution >= 4 is 12.0 Å². The van der Waals surface area contributed by atoms with Crippen LogP contribution in [0.5, 0.6) is 0 Å². The summed E-state index contributed by atoms with van der Waals surface area (Å²) < 4.78 is 5.51. The predicted molar refractivity (Wildman–Crippen MR) is 91.5 cm³/mol. The highest BCUT2D eigenvalue weighted by Gasteiger charge is 2.43. The van der Waals surface area contributed by atoms with E-state index in [2.05, 4.69) is 11.4 Å². The molecule has 0 aromatic rings. The summed E-state index contributed by atoms with van der Waals surface area (Å²) in [5, 5.41) is 12.5. The molecule has 1 saturated heterocycles. The van der Waals surface area contributed by atoms with E-state index in [0.717, 1.165) is 38.5 Å². The lowest BCUT2D eigenvalue weighted by atomic mass is 10.0. The molecule has 0 spiro atoms. The molecule has 0 aromatic heterocycles. The number of carbonyl (C=O) groups excluding carboxylic acids is 2. The molecule has 3 rings (SSSR count). The minimum absolute atomic E-state index is 0.0356. The van der Waals surface area contributed by atoms with Crippen LogP contribution in [0.2, 0.25) is 0 Å². The van der Waals surface area contributed by atoms with Crippen LogP contribution in [0, 0.1) is 23.2 Å². The van der Waals surface area contributed by atoms with Crippen molar-refractivity contribution < 1.29 is 14.3 Å². The van der Waals surface area contributed by atoms with Gasteiger partial charge in [-0.15, -0.1) is 0 Å². The molecule has 3 fully saturated rings. The van der Waals surface area contributed by atoms with Crippen molar-refractivity contribution in [3.8, 4) is 6.07 Å². The molecule has 7 nitrogen and oxygen atoms in total. The quantitative estimate of drug-likeness (QED) is 0.829. The molecule has 3 aliphatic rings. The van der Waals surface area contributed by atoms with Crippen molar-refractivity contribution in [2.75, 3.05) is 27.2 Å². The number of nitrogens with zero attached hydrogens (tertiary/aromatic N) is 3. The molecular weight excluding hydrogens is 320 g/mol. The second-order valence-electron chi connectivity index (χ2n) is 7.82. The lowest BCUT2D eigenvalue weighted by molar-refractivity contribution is -0.130. The molecule has 1 aliphatic heterocycles. The van der Waals surface area contributed by atoms with Gasteiger partial charge in [0.25, 0.3) is 0 Å². The minimum Gasteiger partial charge on any atom is -0.446 e. The van der Waals surface area contributed by atoms with Crippen molar-refractivity contribution in [2.24, 2.45) is 11.8 Å². The van der Waals surface area contributed by atoms with Crippen molar-refractivity contribution in [2.45, 2.75) is 56.7 Å². The molecule has 0 bridgehead atoms. The van der Waals surface area contributed by atoms with Gasteiger partial charge in [-0.25, -0.2) is 4.79 Å². The van der Waals surface area contributed by atoms with Gasteiger partial charge in [-0.2, -0.15) is 5.26 Å². The smallest absolute Gasteiger partial charge is 0.409 e. The Balaban J connectivity index is 1.40. The second kappa shape index (κ2) is 7.61. The third kappa shape index (κ3) is 4.06. The zero-order valence-corrected chi connectivity index (χ0v) is 15.1. The summed E-state index contributed by atoms with van der Waals surface area (Å²) in [6.07, 6.45) is 5.42. The maximum absolute atomic E-state index is 12.3. The number of hydrogen-bond acceptors (Lipinski definition) is 5. The summed E-state index contributed by atoms with van der Waals surface area (Å²) in [6, 6.07) is 2.32. The van der Waals surface area contributed by atoms with E-state index in [4.69, 9.17) is 10.00 Å². The van der Waals surface area contributed by atoms with E-state index in [1.165, 1.54) is 4.90 Å². The molecule has 2 aliphatic carbocycles. The van der Waals surface area contributed by atoms with Crippen LogP contribution in [-0.2, 0) is 9.53 Å². The molecule has 0 radical (unpaired) electrons. The van der Waals surface area contributed by atoms with Crippen molar-refractivity contribution in [1.82, 2.24) is 15.1 Å². The van der Waals surface area contributed by atoms with E-state index in [1.807, 2.05) is 0 Å². The topological polar surface area (TPSA) is 85.7 Å². The molecule has 0 aromatic carbocycles. The van der Waals surface area contributed by atoms with Crippen LogP contribution >= 0.6 is 0 Å². The molecule has 1 heterocycles. The first-order chi connectivity index (χ1) is 12.0. The molecule has 2 amide bonds. The van der Waals surface area contributed by atoms with Gasteiger partial charge < -0.3 is 19.9 Å². The highest BCUT2D eigenvalue weighted by atomic mass is 16.6. The molecular formula is C18H28N4O3. The number of fused-ring (bicyclic) bond motifs is 1. The van der Waals surface area contributed by atoms with Crippen LogP contribution in [-0.4, -0.2) is 67.2 Å². The first-order valence-corrected chi connectivity index (χ1v) is 9.28. The summed E-state index contributed by atoms with van der Waals surface area (Å²) in [5.74, 6) is 1.19. The van der Waals surface area contributed by atoms with E-state index in [1.54, 1.807) is 19.0 Å². The van der Waals surface area contributed by atoms with Gasteiger partial charge in [0.15, 0.2) is 0 Å². The van der Waals surface area contributed by atoms with E-state index in [-0.39, 0.29) is 24.1 Å². The van der Waals surface area contributed by atoms with E-state index >= 15 is 0 Å². The molecule has 1 unspecified atom stereocenters. The van der Waals surface area contributed by atoms with Crippen molar-refractivity contribution in [3.05, 3.63) is 0 Å². The summed E-state index contributed by atoms with van der Waals surface area (Å²) in [7, 11) is 3.40.